The largest absolute Gasteiger partial charge is 0.360 e. The van der Waals surface area contributed by atoms with E-state index in [4.69, 9.17) is 5.41 Å². The number of rotatable bonds is 3. The maximum Gasteiger partial charge on any atom is 0.0983 e. The molecule has 12 heavy (non-hydrogen) atoms. The molecule has 1 fully saturated rings. The van der Waals surface area contributed by atoms with Crippen LogP contribution in [-0.4, -0.2) is 23.8 Å². The number of nitrogens with one attached hydrogen (secondary N) is 1. The molecule has 0 aromatic carbocycles. The quantitative estimate of drug-likeness (QED) is 0.508. The van der Waals surface area contributed by atoms with Crippen molar-refractivity contribution in [2.45, 2.75) is 39.7 Å². The minimum Gasteiger partial charge on any atom is -0.360 e. The summed E-state index contributed by atoms with van der Waals surface area (Å²) >= 11 is 0. The van der Waals surface area contributed by atoms with Gasteiger partial charge in [-0.15, -0.1) is 0 Å². The van der Waals surface area contributed by atoms with Crippen molar-refractivity contribution in [3.63, 3.8) is 0 Å². The highest BCUT2D eigenvalue weighted by atomic mass is 15.2. The van der Waals surface area contributed by atoms with E-state index in [0.717, 1.165) is 11.8 Å². The molecule has 0 spiro atoms. The topological polar surface area (TPSA) is 27.1 Å². The van der Waals surface area contributed by atoms with Crippen LogP contribution in [0.1, 0.15) is 33.6 Å². The minimum absolute atomic E-state index is 0.358. The molecule has 1 aliphatic rings. The Labute approximate surface area is 75.5 Å². The first-order chi connectivity index (χ1) is 5.54. The highest BCUT2D eigenvalue weighted by Crippen LogP contribution is 2.34. The zero-order valence-corrected chi connectivity index (χ0v) is 8.59. The molecule has 1 rings (SSSR count). The predicted molar refractivity (Wildman–Crippen MR) is 52.5 cm³/mol. The first-order valence-electron chi connectivity index (χ1n) is 4.85. The van der Waals surface area contributed by atoms with Gasteiger partial charge in [0, 0.05) is 19.0 Å². The maximum atomic E-state index is 7.83. The second-order valence-corrected chi connectivity index (χ2v) is 4.23. The first-order valence-corrected chi connectivity index (χ1v) is 4.85. The summed E-state index contributed by atoms with van der Waals surface area (Å²) < 4.78 is 0. The van der Waals surface area contributed by atoms with Crippen molar-refractivity contribution in [1.82, 2.24) is 4.90 Å². The number of nitrogens with zero attached hydrogens (tertiary/aromatic N) is 1. The molecule has 0 saturated heterocycles. The van der Waals surface area contributed by atoms with Crippen LogP contribution in [-0.2, 0) is 0 Å². The van der Waals surface area contributed by atoms with Gasteiger partial charge < -0.3 is 4.90 Å². The Bertz CT molecular complexity index is 171. The zero-order chi connectivity index (χ0) is 9.30. The fraction of sp³-hybridized carbons (Fsp3) is 0.900. The third-order valence-corrected chi connectivity index (χ3v) is 2.84. The van der Waals surface area contributed by atoms with Crippen LogP contribution in [0.25, 0.3) is 0 Å². The van der Waals surface area contributed by atoms with Crippen LogP contribution in [0.5, 0.6) is 0 Å². The summed E-state index contributed by atoms with van der Waals surface area (Å²) in [5.41, 5.74) is 0. The summed E-state index contributed by atoms with van der Waals surface area (Å²) in [7, 11) is 2.05. The highest BCUT2D eigenvalue weighted by Gasteiger charge is 2.31. The Morgan fingerprint density at radius 1 is 1.33 bits per heavy atom. The molecule has 0 aromatic rings. The average Bonchev–Trinajstić information content (AvgIpc) is 2.82. The summed E-state index contributed by atoms with van der Waals surface area (Å²) in [6.07, 6.45) is 2.72. The third-order valence-electron chi connectivity index (χ3n) is 2.84. The second-order valence-electron chi connectivity index (χ2n) is 4.23. The van der Waals surface area contributed by atoms with Crippen molar-refractivity contribution in [2.24, 2.45) is 11.8 Å². The van der Waals surface area contributed by atoms with E-state index >= 15 is 0 Å². The maximum absolute atomic E-state index is 7.83. The lowest BCUT2D eigenvalue weighted by Crippen LogP contribution is -2.38. The molecule has 0 aliphatic heterocycles. The minimum atomic E-state index is 0.358. The smallest absolute Gasteiger partial charge is 0.0983 e. The molecule has 1 aliphatic carbocycles. The Kier molecular flexibility index (Phi) is 2.76. The van der Waals surface area contributed by atoms with E-state index in [9.17, 15) is 0 Å². The summed E-state index contributed by atoms with van der Waals surface area (Å²) in [6.45, 7) is 6.39. The van der Waals surface area contributed by atoms with Crippen molar-refractivity contribution < 1.29 is 0 Å². The molecule has 0 heterocycles. The Balaban J connectivity index is 2.44. The van der Waals surface area contributed by atoms with Gasteiger partial charge in [0.25, 0.3) is 0 Å². The van der Waals surface area contributed by atoms with E-state index in [-0.39, 0.29) is 0 Å². The summed E-state index contributed by atoms with van der Waals surface area (Å²) in [5.74, 6) is 1.99. The molecule has 0 amide bonds. The Morgan fingerprint density at radius 3 is 2.17 bits per heavy atom. The van der Waals surface area contributed by atoms with Gasteiger partial charge in [0.2, 0.25) is 0 Å². The molecule has 0 bridgehead atoms. The van der Waals surface area contributed by atoms with Gasteiger partial charge in [-0.1, -0.05) is 13.8 Å². The van der Waals surface area contributed by atoms with E-state index < -0.39 is 0 Å². The lowest BCUT2D eigenvalue weighted by atomic mass is 10.1. The molecule has 1 unspecified atom stereocenters. The molecule has 70 valence electrons. The molecular formula is C10H20N2. The predicted octanol–water partition coefficient (Wildman–Crippen LogP) is 2.35. The molecule has 1 N–H and O–H groups in total. The van der Waals surface area contributed by atoms with Gasteiger partial charge in [-0.25, -0.2) is 0 Å². The fourth-order valence-corrected chi connectivity index (χ4v) is 1.52. The zero-order valence-electron chi connectivity index (χ0n) is 8.59. The van der Waals surface area contributed by atoms with Crippen LogP contribution in [0, 0.1) is 17.2 Å². The number of hydrogen-bond donors (Lipinski definition) is 1. The van der Waals surface area contributed by atoms with Crippen LogP contribution >= 0.6 is 0 Å². The molecular weight excluding hydrogens is 148 g/mol. The molecule has 0 radical (unpaired) electrons. The number of amidine groups is 1. The van der Waals surface area contributed by atoms with Gasteiger partial charge in [-0.3, -0.25) is 5.41 Å². The standard InChI is InChI=1S/C10H20N2/c1-7(2)10(11)12(4)8(3)9-5-6-9/h7-9,11H,5-6H2,1-4H3. The normalized spacial score (nSPS) is 19.4. The van der Waals surface area contributed by atoms with Crippen molar-refractivity contribution in [3.05, 3.63) is 0 Å². The van der Waals surface area contributed by atoms with Crippen LogP contribution in [0.2, 0.25) is 0 Å². The van der Waals surface area contributed by atoms with Gasteiger partial charge in [-0.05, 0) is 25.7 Å². The average molecular weight is 168 g/mol. The fourth-order valence-electron chi connectivity index (χ4n) is 1.52. The van der Waals surface area contributed by atoms with E-state index in [2.05, 4.69) is 25.7 Å². The summed E-state index contributed by atoms with van der Waals surface area (Å²) in [6, 6.07) is 0.569. The molecule has 0 aromatic heterocycles. The van der Waals surface area contributed by atoms with Gasteiger partial charge in [0.05, 0.1) is 5.84 Å². The van der Waals surface area contributed by atoms with Crippen molar-refractivity contribution in [3.8, 4) is 0 Å². The van der Waals surface area contributed by atoms with E-state index in [1.165, 1.54) is 12.8 Å². The van der Waals surface area contributed by atoms with Gasteiger partial charge in [0.1, 0.15) is 0 Å². The van der Waals surface area contributed by atoms with Crippen LogP contribution < -0.4 is 0 Å². The Morgan fingerprint density at radius 2 is 1.83 bits per heavy atom. The molecule has 1 saturated carbocycles. The highest BCUT2D eigenvalue weighted by molar-refractivity contribution is 5.81. The lowest BCUT2D eigenvalue weighted by Gasteiger charge is -2.29. The molecule has 1 atom stereocenters. The third kappa shape index (κ3) is 1.99. The van der Waals surface area contributed by atoms with Crippen molar-refractivity contribution in [2.75, 3.05) is 7.05 Å². The van der Waals surface area contributed by atoms with Gasteiger partial charge >= 0.3 is 0 Å². The summed E-state index contributed by atoms with van der Waals surface area (Å²) in [5, 5.41) is 7.83. The van der Waals surface area contributed by atoms with E-state index in [1.54, 1.807) is 0 Å². The monoisotopic (exact) mass is 168 g/mol. The first kappa shape index (κ1) is 9.56. The second kappa shape index (κ2) is 3.46. The SMILES string of the molecule is CC(C)C(=N)N(C)C(C)C1CC1. The van der Waals surface area contributed by atoms with Crippen LogP contribution in [0.3, 0.4) is 0 Å². The van der Waals surface area contributed by atoms with E-state index in [1.807, 2.05) is 7.05 Å². The van der Waals surface area contributed by atoms with E-state index in [0.29, 0.717) is 12.0 Å². The molecule has 2 nitrogen and oxygen atoms in total. The molecule has 2 heteroatoms. The van der Waals surface area contributed by atoms with Gasteiger partial charge in [0.15, 0.2) is 0 Å². The number of hydrogen-bond acceptors (Lipinski definition) is 1. The van der Waals surface area contributed by atoms with Crippen molar-refractivity contribution >= 4 is 5.84 Å². The van der Waals surface area contributed by atoms with Crippen molar-refractivity contribution in [1.29, 1.82) is 5.41 Å². The van der Waals surface area contributed by atoms with Gasteiger partial charge in [-0.2, -0.15) is 0 Å². The van der Waals surface area contributed by atoms with Crippen LogP contribution in [0.15, 0.2) is 0 Å². The van der Waals surface area contributed by atoms with Crippen LogP contribution in [0.4, 0.5) is 0 Å². The Hall–Kier alpha value is -0.530. The summed E-state index contributed by atoms with van der Waals surface area (Å²) in [4.78, 5) is 2.13. The lowest BCUT2D eigenvalue weighted by molar-refractivity contribution is 0.338.